The first kappa shape index (κ1) is 15.2. The third-order valence-corrected chi connectivity index (χ3v) is 3.64. The molecule has 2 aromatic rings. The molecule has 3 nitrogen and oxygen atoms in total. The first-order chi connectivity index (χ1) is 10.2. The molecule has 0 fully saturated rings. The zero-order chi connectivity index (χ0) is 15.1. The van der Waals surface area contributed by atoms with Gasteiger partial charge in [0.1, 0.15) is 0 Å². The standard InChI is InChI=1S/C17H16O3S/c1-2-20-17(19)16(18)12-21-15-10-8-14(9-11-15)13-6-4-3-5-7-13/h3-12,18H,2H2,1H3/b16-12-. The number of ether oxygens (including phenoxy) is 1. The van der Waals surface area contributed by atoms with Crippen molar-refractivity contribution in [3.63, 3.8) is 0 Å². The van der Waals surface area contributed by atoms with Crippen molar-refractivity contribution in [2.45, 2.75) is 11.8 Å². The van der Waals surface area contributed by atoms with E-state index in [1.54, 1.807) is 6.92 Å². The van der Waals surface area contributed by atoms with Crippen LogP contribution in [-0.2, 0) is 9.53 Å². The molecule has 0 aromatic heterocycles. The number of aliphatic hydroxyl groups is 1. The molecule has 0 amide bonds. The number of rotatable bonds is 5. The van der Waals surface area contributed by atoms with Crippen molar-refractivity contribution in [1.82, 2.24) is 0 Å². The molecule has 21 heavy (non-hydrogen) atoms. The van der Waals surface area contributed by atoms with E-state index < -0.39 is 5.97 Å². The number of aliphatic hydroxyl groups excluding tert-OH is 1. The molecule has 0 heterocycles. The lowest BCUT2D eigenvalue weighted by Crippen LogP contribution is -2.06. The van der Waals surface area contributed by atoms with Gasteiger partial charge in [-0.15, -0.1) is 0 Å². The Morgan fingerprint density at radius 2 is 1.71 bits per heavy atom. The van der Waals surface area contributed by atoms with Crippen LogP contribution in [-0.4, -0.2) is 17.7 Å². The average Bonchev–Trinajstić information content (AvgIpc) is 2.54. The highest BCUT2D eigenvalue weighted by molar-refractivity contribution is 8.02. The van der Waals surface area contributed by atoms with Gasteiger partial charge in [-0.05, 0) is 30.2 Å². The molecule has 0 unspecified atom stereocenters. The van der Waals surface area contributed by atoms with Gasteiger partial charge in [-0.2, -0.15) is 0 Å². The molecule has 0 bridgehead atoms. The molecular formula is C17H16O3S. The highest BCUT2D eigenvalue weighted by Gasteiger charge is 2.07. The fourth-order valence-corrected chi connectivity index (χ4v) is 2.37. The van der Waals surface area contributed by atoms with Gasteiger partial charge in [0.2, 0.25) is 5.76 Å². The number of esters is 1. The molecule has 108 valence electrons. The molecule has 0 aliphatic rings. The second-order valence-electron chi connectivity index (χ2n) is 4.23. The molecule has 2 aromatic carbocycles. The van der Waals surface area contributed by atoms with Crippen LogP contribution in [0.4, 0.5) is 0 Å². The molecule has 1 N–H and O–H groups in total. The summed E-state index contributed by atoms with van der Waals surface area (Å²) in [6.45, 7) is 1.94. The van der Waals surface area contributed by atoms with Crippen LogP contribution in [0.5, 0.6) is 0 Å². The topological polar surface area (TPSA) is 46.5 Å². The molecular weight excluding hydrogens is 284 g/mol. The van der Waals surface area contributed by atoms with E-state index in [0.717, 1.165) is 16.0 Å². The van der Waals surface area contributed by atoms with E-state index in [0.29, 0.717) is 0 Å². The molecule has 0 aliphatic heterocycles. The summed E-state index contributed by atoms with van der Waals surface area (Å²) in [6.07, 6.45) is 0. The predicted molar refractivity (Wildman–Crippen MR) is 85.1 cm³/mol. The van der Waals surface area contributed by atoms with Crippen LogP contribution in [0, 0.1) is 0 Å². The maximum Gasteiger partial charge on any atom is 0.373 e. The van der Waals surface area contributed by atoms with Crippen LogP contribution in [0.2, 0.25) is 0 Å². The van der Waals surface area contributed by atoms with Crippen LogP contribution in [0.25, 0.3) is 11.1 Å². The Bertz CT molecular complexity index is 618. The van der Waals surface area contributed by atoms with Gasteiger partial charge in [-0.25, -0.2) is 4.79 Å². The molecule has 0 saturated carbocycles. The predicted octanol–water partition coefficient (Wildman–Crippen LogP) is 4.41. The maximum atomic E-state index is 11.2. The monoisotopic (exact) mass is 300 g/mol. The average molecular weight is 300 g/mol. The lowest BCUT2D eigenvalue weighted by molar-refractivity contribution is -0.141. The lowest BCUT2D eigenvalue weighted by Gasteiger charge is -2.03. The molecule has 0 atom stereocenters. The quantitative estimate of drug-likeness (QED) is 0.384. The van der Waals surface area contributed by atoms with E-state index in [2.05, 4.69) is 12.1 Å². The van der Waals surface area contributed by atoms with Gasteiger partial charge in [-0.1, -0.05) is 54.2 Å². The van der Waals surface area contributed by atoms with E-state index in [4.69, 9.17) is 4.74 Å². The molecule has 4 heteroatoms. The first-order valence-electron chi connectivity index (χ1n) is 6.59. The second-order valence-corrected chi connectivity index (χ2v) is 5.17. The van der Waals surface area contributed by atoms with Crippen molar-refractivity contribution in [2.24, 2.45) is 0 Å². The SMILES string of the molecule is CCOC(=O)/C(O)=C/Sc1ccc(-c2ccccc2)cc1. The van der Waals surface area contributed by atoms with Gasteiger partial charge in [0, 0.05) is 10.3 Å². The van der Waals surface area contributed by atoms with E-state index in [1.165, 1.54) is 17.2 Å². The van der Waals surface area contributed by atoms with Gasteiger partial charge in [0.05, 0.1) is 6.61 Å². The number of carbonyl (C=O) groups excluding carboxylic acids is 1. The zero-order valence-corrected chi connectivity index (χ0v) is 12.5. The Morgan fingerprint density at radius 3 is 2.33 bits per heavy atom. The molecule has 0 saturated heterocycles. The van der Waals surface area contributed by atoms with Crippen molar-refractivity contribution in [3.05, 3.63) is 65.8 Å². The van der Waals surface area contributed by atoms with Crippen molar-refractivity contribution < 1.29 is 14.6 Å². The van der Waals surface area contributed by atoms with Crippen LogP contribution >= 0.6 is 11.8 Å². The first-order valence-corrected chi connectivity index (χ1v) is 7.47. The van der Waals surface area contributed by atoms with E-state index in [-0.39, 0.29) is 12.4 Å². The van der Waals surface area contributed by atoms with Gasteiger partial charge in [-0.3, -0.25) is 0 Å². The Morgan fingerprint density at radius 1 is 1.10 bits per heavy atom. The molecule has 0 spiro atoms. The Balaban J connectivity index is 2.03. The highest BCUT2D eigenvalue weighted by Crippen LogP contribution is 2.25. The molecule has 0 radical (unpaired) electrons. The summed E-state index contributed by atoms with van der Waals surface area (Å²) in [5.74, 6) is -1.08. The summed E-state index contributed by atoms with van der Waals surface area (Å²) >= 11 is 1.27. The summed E-state index contributed by atoms with van der Waals surface area (Å²) in [4.78, 5) is 12.2. The number of benzene rings is 2. The minimum atomic E-state index is -0.703. The van der Waals surface area contributed by atoms with E-state index in [9.17, 15) is 9.90 Å². The Labute approximate surface area is 128 Å². The minimum Gasteiger partial charge on any atom is -0.501 e. The largest absolute Gasteiger partial charge is 0.501 e. The Kier molecular flexibility index (Phi) is 5.46. The van der Waals surface area contributed by atoms with Gasteiger partial charge >= 0.3 is 5.97 Å². The normalized spacial score (nSPS) is 11.2. The van der Waals surface area contributed by atoms with E-state index >= 15 is 0 Å². The molecule has 0 aliphatic carbocycles. The van der Waals surface area contributed by atoms with Crippen LogP contribution < -0.4 is 0 Å². The Hall–Kier alpha value is -2.20. The van der Waals surface area contributed by atoms with E-state index in [1.807, 2.05) is 42.5 Å². The summed E-state index contributed by atoms with van der Waals surface area (Å²) in [6, 6.07) is 18.0. The summed E-state index contributed by atoms with van der Waals surface area (Å²) in [7, 11) is 0. The maximum absolute atomic E-state index is 11.2. The fraction of sp³-hybridized carbons (Fsp3) is 0.118. The minimum absolute atomic E-state index is 0.243. The van der Waals surface area contributed by atoms with Gasteiger partial charge in [0.15, 0.2) is 0 Å². The van der Waals surface area contributed by atoms with Gasteiger partial charge in [0.25, 0.3) is 0 Å². The zero-order valence-electron chi connectivity index (χ0n) is 11.7. The van der Waals surface area contributed by atoms with Gasteiger partial charge < -0.3 is 9.84 Å². The van der Waals surface area contributed by atoms with Crippen molar-refractivity contribution in [1.29, 1.82) is 0 Å². The third-order valence-electron chi connectivity index (χ3n) is 2.75. The number of carbonyl (C=O) groups is 1. The summed E-state index contributed by atoms with van der Waals surface area (Å²) in [5, 5.41) is 10.9. The van der Waals surface area contributed by atoms with Crippen molar-refractivity contribution in [2.75, 3.05) is 6.61 Å². The van der Waals surface area contributed by atoms with Crippen LogP contribution in [0.15, 0.2) is 70.7 Å². The summed E-state index contributed by atoms with van der Waals surface area (Å²) < 4.78 is 4.70. The van der Waals surface area contributed by atoms with Crippen LogP contribution in [0.3, 0.4) is 0 Å². The fourth-order valence-electron chi connectivity index (χ4n) is 1.73. The molecule has 2 rings (SSSR count). The van der Waals surface area contributed by atoms with Crippen molar-refractivity contribution >= 4 is 17.7 Å². The smallest absolute Gasteiger partial charge is 0.373 e. The third kappa shape index (κ3) is 4.39. The van der Waals surface area contributed by atoms with Crippen molar-refractivity contribution in [3.8, 4) is 11.1 Å². The van der Waals surface area contributed by atoms with Crippen LogP contribution in [0.1, 0.15) is 6.92 Å². The summed E-state index contributed by atoms with van der Waals surface area (Å²) in [5.41, 5.74) is 2.28. The number of thioether (sulfide) groups is 1. The number of hydrogen-bond acceptors (Lipinski definition) is 4. The lowest BCUT2D eigenvalue weighted by atomic mass is 10.1. The second kappa shape index (κ2) is 7.55. The highest BCUT2D eigenvalue weighted by atomic mass is 32.2. The number of hydrogen-bond donors (Lipinski definition) is 1.